The van der Waals surface area contributed by atoms with Crippen molar-refractivity contribution in [1.29, 1.82) is 0 Å². The number of hydrogen-bond donors (Lipinski definition) is 1. The molecule has 2 rings (SSSR count). The van der Waals surface area contributed by atoms with Crippen LogP contribution in [0.15, 0.2) is 18.2 Å². The zero-order chi connectivity index (χ0) is 17.9. The molecule has 132 valence electrons. The Labute approximate surface area is 142 Å². The van der Waals surface area contributed by atoms with Crippen LogP contribution in [0, 0.1) is 12.7 Å². The number of urea groups is 1. The van der Waals surface area contributed by atoms with Gasteiger partial charge in [-0.25, -0.2) is 9.18 Å². The minimum absolute atomic E-state index is 0.102. The topological polar surface area (TPSA) is 52.7 Å². The molecule has 0 aliphatic carbocycles. The largest absolute Gasteiger partial charge is 0.337 e. The summed E-state index contributed by atoms with van der Waals surface area (Å²) in [6.45, 7) is 9.65. The van der Waals surface area contributed by atoms with Gasteiger partial charge in [-0.05, 0) is 57.9 Å². The fourth-order valence-corrected chi connectivity index (χ4v) is 2.68. The van der Waals surface area contributed by atoms with Crippen LogP contribution >= 0.6 is 0 Å². The van der Waals surface area contributed by atoms with Gasteiger partial charge in [-0.1, -0.05) is 0 Å². The number of carbonyl (C=O) groups is 2. The molecule has 1 aromatic carbocycles. The van der Waals surface area contributed by atoms with Gasteiger partial charge < -0.3 is 15.1 Å². The highest BCUT2D eigenvalue weighted by Crippen LogP contribution is 2.14. The van der Waals surface area contributed by atoms with E-state index in [-0.39, 0.29) is 23.3 Å². The van der Waals surface area contributed by atoms with E-state index in [1.807, 2.05) is 20.8 Å². The summed E-state index contributed by atoms with van der Waals surface area (Å²) in [5.74, 6) is -0.427. The van der Waals surface area contributed by atoms with E-state index in [9.17, 15) is 14.0 Å². The molecule has 5 nitrogen and oxygen atoms in total. The predicted molar refractivity (Wildman–Crippen MR) is 91.5 cm³/mol. The molecule has 3 amide bonds. The molecule has 24 heavy (non-hydrogen) atoms. The molecule has 0 radical (unpaired) electrons. The average molecular weight is 335 g/mol. The number of amides is 3. The lowest BCUT2D eigenvalue weighted by atomic mass is 10.1. The van der Waals surface area contributed by atoms with Gasteiger partial charge in [0.2, 0.25) is 0 Å². The third-order valence-corrected chi connectivity index (χ3v) is 3.96. The highest BCUT2D eigenvalue weighted by Gasteiger charge is 2.25. The minimum atomic E-state index is -0.313. The van der Waals surface area contributed by atoms with E-state index < -0.39 is 0 Å². The van der Waals surface area contributed by atoms with Crippen LogP contribution in [0.3, 0.4) is 0 Å². The van der Waals surface area contributed by atoms with Crippen LogP contribution in [0.25, 0.3) is 0 Å². The van der Waals surface area contributed by atoms with E-state index in [4.69, 9.17) is 0 Å². The number of aryl methyl sites for hydroxylation is 1. The van der Waals surface area contributed by atoms with Crippen molar-refractivity contribution in [3.8, 4) is 0 Å². The number of halogens is 1. The van der Waals surface area contributed by atoms with Gasteiger partial charge in [0.25, 0.3) is 5.91 Å². The molecule has 1 fully saturated rings. The maximum atomic E-state index is 13.4. The summed E-state index contributed by atoms with van der Waals surface area (Å²) >= 11 is 0. The van der Waals surface area contributed by atoms with Crippen molar-refractivity contribution in [3.63, 3.8) is 0 Å². The Balaban J connectivity index is 2.01. The molecule has 1 heterocycles. The number of benzene rings is 1. The van der Waals surface area contributed by atoms with Gasteiger partial charge in [0.1, 0.15) is 5.82 Å². The lowest BCUT2D eigenvalue weighted by Gasteiger charge is -2.27. The third-order valence-electron chi connectivity index (χ3n) is 3.96. The second-order valence-electron chi connectivity index (χ2n) is 7.28. The van der Waals surface area contributed by atoms with Crippen molar-refractivity contribution < 1.29 is 14.0 Å². The van der Waals surface area contributed by atoms with E-state index >= 15 is 0 Å². The van der Waals surface area contributed by atoms with Crippen LogP contribution in [0.4, 0.5) is 9.18 Å². The van der Waals surface area contributed by atoms with Crippen LogP contribution < -0.4 is 5.32 Å². The van der Waals surface area contributed by atoms with Crippen molar-refractivity contribution >= 4 is 11.9 Å². The number of nitrogens with one attached hydrogen (secondary N) is 1. The second-order valence-corrected chi connectivity index (χ2v) is 7.28. The summed E-state index contributed by atoms with van der Waals surface area (Å²) in [4.78, 5) is 28.3. The second kappa shape index (κ2) is 7.20. The molecule has 1 aliphatic heterocycles. The number of carbonyl (C=O) groups excluding carboxylic acids is 2. The summed E-state index contributed by atoms with van der Waals surface area (Å²) in [6, 6.07) is 4.31. The molecule has 0 aromatic heterocycles. The van der Waals surface area contributed by atoms with E-state index in [1.165, 1.54) is 12.1 Å². The van der Waals surface area contributed by atoms with E-state index in [0.717, 1.165) is 6.42 Å². The van der Waals surface area contributed by atoms with Gasteiger partial charge in [0.05, 0.1) is 0 Å². The first-order valence-corrected chi connectivity index (χ1v) is 8.30. The minimum Gasteiger partial charge on any atom is -0.337 e. The van der Waals surface area contributed by atoms with Gasteiger partial charge in [-0.15, -0.1) is 0 Å². The van der Waals surface area contributed by atoms with Crippen LogP contribution in [0.2, 0.25) is 0 Å². The molecular formula is C18H26FN3O2. The quantitative estimate of drug-likeness (QED) is 0.858. The summed E-state index contributed by atoms with van der Waals surface area (Å²) in [5, 5.41) is 2.95. The van der Waals surface area contributed by atoms with Gasteiger partial charge in [0.15, 0.2) is 0 Å². The SMILES string of the molecule is Cc1cc(C(=O)N2CCCN(C(=O)NC(C)(C)C)CC2)ccc1F. The molecule has 0 atom stereocenters. The van der Waals surface area contributed by atoms with E-state index in [1.54, 1.807) is 22.8 Å². The summed E-state index contributed by atoms with van der Waals surface area (Å²) in [5.41, 5.74) is 0.660. The third kappa shape index (κ3) is 4.69. The van der Waals surface area contributed by atoms with Gasteiger partial charge >= 0.3 is 6.03 Å². The van der Waals surface area contributed by atoms with E-state index in [2.05, 4.69) is 5.32 Å². The highest BCUT2D eigenvalue weighted by molar-refractivity contribution is 5.94. The lowest BCUT2D eigenvalue weighted by molar-refractivity contribution is 0.0762. The Bertz CT molecular complexity index is 625. The van der Waals surface area contributed by atoms with Gasteiger partial charge in [-0.3, -0.25) is 4.79 Å². The van der Waals surface area contributed by atoms with Crippen LogP contribution in [0.1, 0.15) is 43.1 Å². The van der Waals surface area contributed by atoms with Crippen LogP contribution in [0.5, 0.6) is 0 Å². The Morgan fingerprint density at radius 2 is 1.71 bits per heavy atom. The molecule has 1 aliphatic rings. The number of nitrogens with zero attached hydrogens (tertiary/aromatic N) is 2. The van der Waals surface area contributed by atoms with Crippen LogP contribution in [-0.4, -0.2) is 53.5 Å². The van der Waals surface area contributed by atoms with Crippen molar-refractivity contribution in [2.24, 2.45) is 0 Å². The molecule has 1 aromatic rings. The maximum absolute atomic E-state index is 13.4. The molecule has 6 heteroatoms. The first-order chi connectivity index (χ1) is 11.2. The first-order valence-electron chi connectivity index (χ1n) is 8.30. The zero-order valence-corrected chi connectivity index (χ0v) is 14.9. The molecular weight excluding hydrogens is 309 g/mol. The summed E-state index contributed by atoms with van der Waals surface area (Å²) in [7, 11) is 0. The monoisotopic (exact) mass is 335 g/mol. The Morgan fingerprint density at radius 3 is 2.33 bits per heavy atom. The molecule has 0 bridgehead atoms. The fraction of sp³-hybridized carbons (Fsp3) is 0.556. The van der Waals surface area contributed by atoms with Gasteiger partial charge in [0, 0.05) is 37.3 Å². The Kier molecular flexibility index (Phi) is 5.47. The molecule has 0 spiro atoms. The van der Waals surface area contributed by atoms with E-state index in [0.29, 0.717) is 37.3 Å². The molecule has 0 saturated carbocycles. The summed E-state index contributed by atoms with van der Waals surface area (Å²) < 4.78 is 13.4. The normalized spacial score (nSPS) is 15.9. The highest BCUT2D eigenvalue weighted by atomic mass is 19.1. The number of rotatable bonds is 1. The predicted octanol–water partition coefficient (Wildman–Crippen LogP) is 2.79. The smallest absolute Gasteiger partial charge is 0.317 e. The number of hydrogen-bond acceptors (Lipinski definition) is 2. The average Bonchev–Trinajstić information content (AvgIpc) is 2.73. The Hall–Kier alpha value is -2.11. The van der Waals surface area contributed by atoms with Crippen LogP contribution in [-0.2, 0) is 0 Å². The van der Waals surface area contributed by atoms with Crippen molar-refractivity contribution in [2.45, 2.75) is 39.7 Å². The standard InChI is InChI=1S/C18H26FN3O2/c1-13-12-14(6-7-15(13)19)16(23)21-8-5-9-22(11-10-21)17(24)20-18(2,3)4/h6-7,12H,5,8-11H2,1-4H3,(H,20,24). The molecule has 1 N–H and O–H groups in total. The zero-order valence-electron chi connectivity index (χ0n) is 14.9. The molecule has 1 saturated heterocycles. The van der Waals surface area contributed by atoms with Crippen molar-refractivity contribution in [2.75, 3.05) is 26.2 Å². The lowest BCUT2D eigenvalue weighted by Crippen LogP contribution is -2.49. The van der Waals surface area contributed by atoms with Gasteiger partial charge in [-0.2, -0.15) is 0 Å². The maximum Gasteiger partial charge on any atom is 0.317 e. The van der Waals surface area contributed by atoms with Crippen molar-refractivity contribution in [3.05, 3.63) is 35.1 Å². The fourth-order valence-electron chi connectivity index (χ4n) is 2.68. The first kappa shape index (κ1) is 18.2. The molecule has 0 unspecified atom stereocenters. The Morgan fingerprint density at radius 1 is 1.08 bits per heavy atom. The summed E-state index contributed by atoms with van der Waals surface area (Å²) in [6.07, 6.45) is 0.726. The van der Waals surface area contributed by atoms with Crippen molar-refractivity contribution in [1.82, 2.24) is 15.1 Å².